The summed E-state index contributed by atoms with van der Waals surface area (Å²) >= 11 is 1.62. The van der Waals surface area contributed by atoms with E-state index in [2.05, 4.69) is 15.6 Å². The maximum atomic E-state index is 12.2. The largest absolute Gasteiger partial charge is 0.489 e. The Morgan fingerprint density at radius 2 is 1.77 bits per heavy atom. The highest BCUT2D eigenvalue weighted by atomic mass is 32.1. The second-order valence-corrected chi connectivity index (χ2v) is 7.65. The van der Waals surface area contributed by atoms with Crippen molar-refractivity contribution in [3.05, 3.63) is 106 Å². The average Bonchev–Trinajstić information content (AvgIpc) is 3.32. The molecule has 5 nitrogen and oxygen atoms in total. The first kappa shape index (κ1) is 19.7. The lowest BCUT2D eigenvalue weighted by molar-refractivity contribution is 0.0951. The normalized spacial score (nSPS) is 10.4. The molecule has 0 aliphatic carbocycles. The molecule has 30 heavy (non-hydrogen) atoms. The number of hydrogen-bond donors (Lipinski definition) is 2. The highest BCUT2D eigenvalue weighted by molar-refractivity contribution is 7.09. The highest BCUT2D eigenvalue weighted by Crippen LogP contribution is 2.20. The van der Waals surface area contributed by atoms with Crippen LogP contribution in [0, 0.1) is 0 Å². The molecule has 2 aromatic heterocycles. The molecular formula is C24H21N3O2S. The Bertz CT molecular complexity index is 1060. The van der Waals surface area contributed by atoms with E-state index in [1.54, 1.807) is 29.7 Å². The molecule has 2 heterocycles. The van der Waals surface area contributed by atoms with Crippen LogP contribution in [0.2, 0.25) is 0 Å². The third-order valence-corrected chi connectivity index (χ3v) is 5.28. The van der Waals surface area contributed by atoms with Crippen molar-refractivity contribution in [2.75, 3.05) is 5.32 Å². The summed E-state index contributed by atoms with van der Waals surface area (Å²) in [6.45, 7) is 1.06. The van der Waals surface area contributed by atoms with E-state index in [4.69, 9.17) is 4.74 Å². The Balaban J connectivity index is 1.29. The monoisotopic (exact) mass is 415 g/mol. The maximum Gasteiger partial charge on any atom is 0.253 e. The number of thiophene rings is 1. The van der Waals surface area contributed by atoms with Crippen LogP contribution in [-0.2, 0) is 13.2 Å². The van der Waals surface area contributed by atoms with Crippen molar-refractivity contribution < 1.29 is 9.53 Å². The van der Waals surface area contributed by atoms with Gasteiger partial charge >= 0.3 is 0 Å². The van der Waals surface area contributed by atoms with Gasteiger partial charge in [0, 0.05) is 16.8 Å². The molecule has 1 amide bonds. The van der Waals surface area contributed by atoms with E-state index in [9.17, 15) is 4.79 Å². The zero-order valence-electron chi connectivity index (χ0n) is 16.2. The molecule has 0 atom stereocenters. The first-order chi connectivity index (χ1) is 14.8. The number of rotatable bonds is 8. The van der Waals surface area contributed by atoms with Gasteiger partial charge in [0.25, 0.3) is 5.91 Å². The Morgan fingerprint density at radius 3 is 2.47 bits per heavy atom. The molecule has 2 N–H and O–H groups in total. The smallest absolute Gasteiger partial charge is 0.253 e. The predicted molar refractivity (Wildman–Crippen MR) is 120 cm³/mol. The van der Waals surface area contributed by atoms with Gasteiger partial charge in [0.15, 0.2) is 0 Å². The zero-order valence-corrected chi connectivity index (χ0v) is 17.1. The summed E-state index contributed by atoms with van der Waals surface area (Å²) in [5.41, 5.74) is 2.55. The standard InChI is InChI=1S/C24H21N3O2S/c28-24(26-16-22-7-4-14-30-22)19-8-13-23(25-15-19)27-20-9-11-21(12-10-20)29-17-18-5-2-1-3-6-18/h1-15H,16-17H2,(H,25,27)(H,26,28). The van der Waals surface area contributed by atoms with Gasteiger partial charge in [0.2, 0.25) is 0 Å². The van der Waals surface area contributed by atoms with Crippen LogP contribution in [0.4, 0.5) is 11.5 Å². The topological polar surface area (TPSA) is 63.2 Å². The number of carbonyl (C=O) groups excluding carboxylic acids is 1. The fourth-order valence-corrected chi connectivity index (χ4v) is 3.45. The number of aromatic nitrogens is 1. The molecule has 6 heteroatoms. The lowest BCUT2D eigenvalue weighted by Crippen LogP contribution is -2.22. The van der Waals surface area contributed by atoms with Crippen molar-refractivity contribution in [3.8, 4) is 5.75 Å². The first-order valence-electron chi connectivity index (χ1n) is 9.57. The van der Waals surface area contributed by atoms with Crippen LogP contribution < -0.4 is 15.4 Å². The van der Waals surface area contributed by atoms with Gasteiger partial charge in [0.05, 0.1) is 12.1 Å². The minimum atomic E-state index is -0.137. The van der Waals surface area contributed by atoms with Crippen molar-refractivity contribution in [3.63, 3.8) is 0 Å². The number of anilines is 2. The van der Waals surface area contributed by atoms with Gasteiger partial charge in [-0.1, -0.05) is 36.4 Å². The van der Waals surface area contributed by atoms with Crippen LogP contribution in [0.25, 0.3) is 0 Å². The van der Waals surface area contributed by atoms with Gasteiger partial charge in [-0.3, -0.25) is 4.79 Å². The Kier molecular flexibility index (Phi) is 6.37. The Labute approximate surface area is 179 Å². The van der Waals surface area contributed by atoms with Gasteiger partial charge < -0.3 is 15.4 Å². The Hall–Kier alpha value is -3.64. The molecule has 150 valence electrons. The van der Waals surface area contributed by atoms with E-state index in [0.717, 1.165) is 21.9 Å². The zero-order chi connectivity index (χ0) is 20.6. The number of benzene rings is 2. The molecule has 0 saturated carbocycles. The number of pyridine rings is 1. The molecular weight excluding hydrogens is 394 g/mol. The van der Waals surface area contributed by atoms with Crippen LogP contribution in [0.1, 0.15) is 20.8 Å². The van der Waals surface area contributed by atoms with Crippen molar-refractivity contribution in [1.82, 2.24) is 10.3 Å². The van der Waals surface area contributed by atoms with E-state index >= 15 is 0 Å². The molecule has 0 radical (unpaired) electrons. The fraction of sp³-hybridized carbons (Fsp3) is 0.0833. The summed E-state index contributed by atoms with van der Waals surface area (Å²) in [5.74, 6) is 1.33. The minimum absolute atomic E-state index is 0.137. The van der Waals surface area contributed by atoms with Gasteiger partial charge in [-0.05, 0) is 53.4 Å². The molecule has 0 unspecified atom stereocenters. The number of ether oxygens (including phenoxy) is 1. The third-order valence-electron chi connectivity index (χ3n) is 4.40. The number of carbonyl (C=O) groups is 1. The number of amides is 1. The van der Waals surface area contributed by atoms with Gasteiger partial charge in [-0.15, -0.1) is 11.3 Å². The molecule has 0 aliphatic heterocycles. The maximum absolute atomic E-state index is 12.2. The van der Waals surface area contributed by atoms with E-state index in [1.807, 2.05) is 72.1 Å². The summed E-state index contributed by atoms with van der Waals surface area (Å²) in [6, 6.07) is 25.3. The SMILES string of the molecule is O=C(NCc1cccs1)c1ccc(Nc2ccc(OCc3ccccc3)cc2)nc1. The second kappa shape index (κ2) is 9.71. The number of nitrogens with zero attached hydrogens (tertiary/aromatic N) is 1. The highest BCUT2D eigenvalue weighted by Gasteiger charge is 2.07. The molecule has 0 spiro atoms. The van der Waals surface area contributed by atoms with Gasteiger partial charge in [0.1, 0.15) is 18.2 Å². The summed E-state index contributed by atoms with van der Waals surface area (Å²) in [7, 11) is 0. The lowest BCUT2D eigenvalue weighted by Gasteiger charge is -2.09. The molecule has 2 aromatic carbocycles. The lowest BCUT2D eigenvalue weighted by atomic mass is 10.2. The van der Waals surface area contributed by atoms with Crippen LogP contribution in [0.5, 0.6) is 5.75 Å². The number of hydrogen-bond acceptors (Lipinski definition) is 5. The van der Waals surface area contributed by atoms with Crippen LogP contribution in [-0.4, -0.2) is 10.9 Å². The van der Waals surface area contributed by atoms with E-state index < -0.39 is 0 Å². The first-order valence-corrected chi connectivity index (χ1v) is 10.4. The van der Waals surface area contributed by atoms with E-state index in [0.29, 0.717) is 24.5 Å². The summed E-state index contributed by atoms with van der Waals surface area (Å²) < 4.78 is 5.80. The molecule has 0 bridgehead atoms. The molecule has 0 aliphatic rings. The molecule has 0 fully saturated rings. The third kappa shape index (κ3) is 5.46. The van der Waals surface area contributed by atoms with E-state index in [1.165, 1.54) is 0 Å². The van der Waals surface area contributed by atoms with Crippen molar-refractivity contribution in [1.29, 1.82) is 0 Å². The van der Waals surface area contributed by atoms with Crippen molar-refractivity contribution >= 4 is 28.7 Å². The summed E-state index contributed by atoms with van der Waals surface area (Å²) in [6.07, 6.45) is 1.57. The minimum Gasteiger partial charge on any atom is -0.489 e. The quantitative estimate of drug-likeness (QED) is 0.405. The van der Waals surface area contributed by atoms with Crippen LogP contribution in [0.15, 0.2) is 90.4 Å². The second-order valence-electron chi connectivity index (χ2n) is 6.62. The van der Waals surface area contributed by atoms with Crippen LogP contribution >= 0.6 is 11.3 Å². The molecule has 4 rings (SSSR count). The van der Waals surface area contributed by atoms with E-state index in [-0.39, 0.29) is 5.91 Å². The van der Waals surface area contributed by atoms with Gasteiger partial charge in [-0.25, -0.2) is 4.98 Å². The molecule has 0 saturated heterocycles. The molecule has 4 aromatic rings. The summed E-state index contributed by atoms with van der Waals surface area (Å²) in [4.78, 5) is 17.7. The average molecular weight is 416 g/mol. The van der Waals surface area contributed by atoms with Crippen LogP contribution in [0.3, 0.4) is 0 Å². The predicted octanol–water partition coefficient (Wildman–Crippen LogP) is 5.40. The number of nitrogens with one attached hydrogen (secondary N) is 2. The van der Waals surface area contributed by atoms with Crippen molar-refractivity contribution in [2.45, 2.75) is 13.2 Å². The van der Waals surface area contributed by atoms with Gasteiger partial charge in [-0.2, -0.15) is 0 Å². The summed E-state index contributed by atoms with van der Waals surface area (Å²) in [5, 5.41) is 8.12. The van der Waals surface area contributed by atoms with Crippen molar-refractivity contribution in [2.24, 2.45) is 0 Å². The Morgan fingerprint density at radius 1 is 0.933 bits per heavy atom. The fourth-order valence-electron chi connectivity index (χ4n) is 2.81.